The SMILES string of the molecule is CC1CC(C)CC(Oc2ccc3ccccc3c2CO)C1. The second-order valence-electron chi connectivity index (χ2n) is 6.58. The fourth-order valence-corrected chi connectivity index (χ4v) is 3.74. The number of fused-ring (bicyclic) bond motifs is 1. The van der Waals surface area contributed by atoms with Crippen molar-refractivity contribution in [3.63, 3.8) is 0 Å². The summed E-state index contributed by atoms with van der Waals surface area (Å²) < 4.78 is 6.27. The average Bonchev–Trinajstić information content (AvgIpc) is 2.46. The van der Waals surface area contributed by atoms with E-state index < -0.39 is 0 Å². The number of aliphatic hydroxyl groups excluding tert-OH is 1. The third-order valence-electron chi connectivity index (χ3n) is 4.58. The lowest BCUT2D eigenvalue weighted by molar-refractivity contribution is 0.0987. The Labute approximate surface area is 126 Å². The summed E-state index contributed by atoms with van der Waals surface area (Å²) in [5, 5.41) is 12.0. The van der Waals surface area contributed by atoms with Crippen molar-refractivity contribution in [2.24, 2.45) is 11.8 Å². The molecule has 0 heterocycles. The summed E-state index contributed by atoms with van der Waals surface area (Å²) in [6.45, 7) is 4.63. The second-order valence-corrected chi connectivity index (χ2v) is 6.58. The van der Waals surface area contributed by atoms with Gasteiger partial charge in [0.2, 0.25) is 0 Å². The van der Waals surface area contributed by atoms with E-state index in [1.807, 2.05) is 18.2 Å². The van der Waals surface area contributed by atoms with E-state index in [1.165, 1.54) is 6.42 Å². The minimum atomic E-state index is 0.0223. The van der Waals surface area contributed by atoms with Gasteiger partial charge in [0.05, 0.1) is 12.7 Å². The molecule has 1 aliphatic rings. The summed E-state index contributed by atoms with van der Waals surface area (Å²) in [5.74, 6) is 2.29. The summed E-state index contributed by atoms with van der Waals surface area (Å²) in [5.41, 5.74) is 0.916. The van der Waals surface area contributed by atoms with Gasteiger partial charge in [-0.05, 0) is 47.9 Å². The van der Waals surface area contributed by atoms with Crippen LogP contribution in [0.25, 0.3) is 10.8 Å². The van der Waals surface area contributed by atoms with Gasteiger partial charge in [-0.15, -0.1) is 0 Å². The van der Waals surface area contributed by atoms with E-state index in [1.54, 1.807) is 0 Å². The van der Waals surface area contributed by atoms with Crippen LogP contribution in [0, 0.1) is 11.8 Å². The zero-order valence-electron chi connectivity index (χ0n) is 12.9. The minimum absolute atomic E-state index is 0.0223. The molecule has 0 bridgehead atoms. The molecule has 21 heavy (non-hydrogen) atoms. The first kappa shape index (κ1) is 14.4. The number of aliphatic hydroxyl groups is 1. The lowest BCUT2D eigenvalue weighted by Crippen LogP contribution is -2.28. The van der Waals surface area contributed by atoms with Crippen LogP contribution in [-0.4, -0.2) is 11.2 Å². The predicted molar refractivity (Wildman–Crippen MR) is 86.5 cm³/mol. The Bertz CT molecular complexity index is 610. The van der Waals surface area contributed by atoms with Gasteiger partial charge in [-0.25, -0.2) is 0 Å². The molecule has 112 valence electrons. The Hall–Kier alpha value is -1.54. The van der Waals surface area contributed by atoms with Crippen molar-refractivity contribution in [3.8, 4) is 5.75 Å². The van der Waals surface area contributed by atoms with E-state index in [9.17, 15) is 5.11 Å². The van der Waals surface area contributed by atoms with Crippen molar-refractivity contribution in [1.82, 2.24) is 0 Å². The highest BCUT2D eigenvalue weighted by Gasteiger charge is 2.26. The Kier molecular flexibility index (Phi) is 4.16. The summed E-state index contributed by atoms with van der Waals surface area (Å²) in [7, 11) is 0. The van der Waals surface area contributed by atoms with Crippen molar-refractivity contribution in [2.75, 3.05) is 0 Å². The van der Waals surface area contributed by atoms with Gasteiger partial charge in [0, 0.05) is 5.56 Å². The van der Waals surface area contributed by atoms with Gasteiger partial charge >= 0.3 is 0 Å². The number of hydrogen-bond donors (Lipinski definition) is 1. The molecule has 2 nitrogen and oxygen atoms in total. The second kappa shape index (κ2) is 6.07. The molecule has 3 rings (SSSR count). The lowest BCUT2D eigenvalue weighted by Gasteiger charge is -2.32. The molecule has 1 aliphatic carbocycles. The molecule has 0 aliphatic heterocycles. The first-order valence-electron chi connectivity index (χ1n) is 7.95. The van der Waals surface area contributed by atoms with Crippen LogP contribution < -0.4 is 4.74 Å². The van der Waals surface area contributed by atoms with E-state index in [0.29, 0.717) is 0 Å². The van der Waals surface area contributed by atoms with Crippen LogP contribution in [0.1, 0.15) is 38.7 Å². The molecule has 2 heteroatoms. The van der Waals surface area contributed by atoms with Gasteiger partial charge in [0.25, 0.3) is 0 Å². The predicted octanol–water partition coefficient (Wildman–Crippen LogP) is 4.54. The highest BCUT2D eigenvalue weighted by atomic mass is 16.5. The third kappa shape index (κ3) is 3.06. The fourth-order valence-electron chi connectivity index (χ4n) is 3.74. The summed E-state index contributed by atoms with van der Waals surface area (Å²) in [4.78, 5) is 0. The van der Waals surface area contributed by atoms with Crippen molar-refractivity contribution in [2.45, 2.75) is 45.8 Å². The molecule has 0 saturated heterocycles. The van der Waals surface area contributed by atoms with Crippen molar-refractivity contribution >= 4 is 10.8 Å². The van der Waals surface area contributed by atoms with Crippen LogP contribution in [0.3, 0.4) is 0 Å². The summed E-state index contributed by atoms with van der Waals surface area (Å²) >= 11 is 0. The van der Waals surface area contributed by atoms with E-state index in [4.69, 9.17) is 4.74 Å². The Morgan fingerprint density at radius 2 is 1.71 bits per heavy atom. The molecule has 0 amide bonds. The molecule has 1 saturated carbocycles. The topological polar surface area (TPSA) is 29.5 Å². The monoisotopic (exact) mass is 284 g/mol. The van der Waals surface area contributed by atoms with Crippen molar-refractivity contribution in [1.29, 1.82) is 0 Å². The third-order valence-corrected chi connectivity index (χ3v) is 4.58. The number of ether oxygens (including phenoxy) is 1. The van der Waals surface area contributed by atoms with Crippen LogP contribution in [0.5, 0.6) is 5.75 Å². The normalized spacial score (nSPS) is 26.0. The maximum atomic E-state index is 9.77. The molecule has 0 aromatic heterocycles. The van der Waals surface area contributed by atoms with E-state index in [-0.39, 0.29) is 12.7 Å². The first-order valence-corrected chi connectivity index (χ1v) is 7.95. The highest BCUT2D eigenvalue weighted by molar-refractivity contribution is 5.87. The molecule has 1 N–H and O–H groups in total. The van der Waals surface area contributed by atoms with E-state index >= 15 is 0 Å². The minimum Gasteiger partial charge on any atom is -0.490 e. The van der Waals surface area contributed by atoms with Crippen LogP contribution in [0.2, 0.25) is 0 Å². The number of rotatable bonds is 3. The van der Waals surface area contributed by atoms with Crippen molar-refractivity contribution < 1.29 is 9.84 Å². The maximum absolute atomic E-state index is 9.77. The molecule has 1 fully saturated rings. The molecule has 2 atom stereocenters. The average molecular weight is 284 g/mol. The molecule has 2 aromatic rings. The fraction of sp³-hybridized carbons (Fsp3) is 0.474. The summed E-state index contributed by atoms with van der Waals surface area (Å²) in [6.07, 6.45) is 3.80. The standard InChI is InChI=1S/C19H24O2/c1-13-9-14(2)11-16(10-13)21-19-8-7-15-5-3-4-6-17(15)18(19)12-20/h3-8,13-14,16,20H,9-12H2,1-2H3. The number of hydrogen-bond acceptors (Lipinski definition) is 2. The Morgan fingerprint density at radius 3 is 2.43 bits per heavy atom. The zero-order chi connectivity index (χ0) is 14.8. The first-order chi connectivity index (χ1) is 10.2. The van der Waals surface area contributed by atoms with Crippen LogP contribution in [0.4, 0.5) is 0 Å². The molecule has 0 radical (unpaired) electrons. The van der Waals surface area contributed by atoms with Gasteiger partial charge in [-0.3, -0.25) is 0 Å². The van der Waals surface area contributed by atoms with E-state index in [0.717, 1.165) is 46.8 Å². The smallest absolute Gasteiger partial charge is 0.125 e. The van der Waals surface area contributed by atoms with Gasteiger partial charge in [0.15, 0.2) is 0 Å². The summed E-state index contributed by atoms with van der Waals surface area (Å²) in [6, 6.07) is 12.3. The van der Waals surface area contributed by atoms with Crippen LogP contribution >= 0.6 is 0 Å². The largest absolute Gasteiger partial charge is 0.490 e. The lowest BCUT2D eigenvalue weighted by atomic mass is 9.82. The van der Waals surface area contributed by atoms with Gasteiger partial charge < -0.3 is 9.84 Å². The quantitative estimate of drug-likeness (QED) is 0.897. The van der Waals surface area contributed by atoms with Gasteiger partial charge in [-0.1, -0.05) is 44.2 Å². The molecular weight excluding hydrogens is 260 g/mol. The van der Waals surface area contributed by atoms with Crippen LogP contribution in [0.15, 0.2) is 36.4 Å². The maximum Gasteiger partial charge on any atom is 0.125 e. The number of benzene rings is 2. The molecule has 2 unspecified atom stereocenters. The molecular formula is C19H24O2. The molecule has 2 aromatic carbocycles. The van der Waals surface area contributed by atoms with Crippen molar-refractivity contribution in [3.05, 3.63) is 42.0 Å². The highest BCUT2D eigenvalue weighted by Crippen LogP contribution is 2.34. The Balaban J connectivity index is 1.90. The Morgan fingerprint density at radius 1 is 1.00 bits per heavy atom. The van der Waals surface area contributed by atoms with Crippen LogP contribution in [-0.2, 0) is 6.61 Å². The van der Waals surface area contributed by atoms with Gasteiger partial charge in [-0.2, -0.15) is 0 Å². The molecule has 0 spiro atoms. The zero-order valence-corrected chi connectivity index (χ0v) is 12.9. The van der Waals surface area contributed by atoms with E-state index in [2.05, 4.69) is 32.0 Å². The van der Waals surface area contributed by atoms with Gasteiger partial charge in [0.1, 0.15) is 5.75 Å².